The van der Waals surface area contributed by atoms with Gasteiger partial charge in [-0.1, -0.05) is 0 Å². The summed E-state index contributed by atoms with van der Waals surface area (Å²) in [5.41, 5.74) is 3.08. The first-order valence-corrected chi connectivity index (χ1v) is 8.21. The second-order valence-electron chi connectivity index (χ2n) is 5.94. The van der Waals surface area contributed by atoms with E-state index in [1.807, 2.05) is 47.3 Å². The zero-order valence-electron chi connectivity index (χ0n) is 13.9. The molecule has 4 nitrogen and oxygen atoms in total. The van der Waals surface area contributed by atoms with Crippen molar-refractivity contribution in [1.29, 1.82) is 0 Å². The fourth-order valence-corrected chi connectivity index (χ4v) is 3.12. The Hall–Kier alpha value is -2.79. The Labute approximate surface area is 146 Å². The maximum Gasteiger partial charge on any atom is 0.158 e. The molecule has 4 rings (SSSR count). The van der Waals surface area contributed by atoms with Crippen LogP contribution in [0, 0.1) is 5.82 Å². The molecule has 0 saturated carbocycles. The molecule has 2 heterocycles. The number of anilines is 1. The first-order valence-electron chi connectivity index (χ1n) is 8.21. The number of benzene rings is 2. The molecule has 1 aliphatic rings. The van der Waals surface area contributed by atoms with Gasteiger partial charge in [-0.05, 0) is 54.6 Å². The summed E-state index contributed by atoms with van der Waals surface area (Å²) >= 11 is 0. The molecule has 1 aliphatic heterocycles. The van der Waals surface area contributed by atoms with E-state index in [9.17, 15) is 4.39 Å². The lowest BCUT2D eigenvalue weighted by molar-refractivity contribution is 0.114. The topological polar surface area (TPSA) is 26.6 Å². The molecule has 0 spiro atoms. The lowest BCUT2D eigenvalue weighted by Gasteiger charge is -2.24. The van der Waals surface area contributed by atoms with E-state index in [1.165, 1.54) is 12.1 Å². The Balaban J connectivity index is 1.59. The van der Waals surface area contributed by atoms with Crippen LogP contribution in [0.3, 0.4) is 0 Å². The van der Waals surface area contributed by atoms with E-state index in [4.69, 9.17) is 9.47 Å². The number of nitrogens with zero attached hydrogens (tertiary/aromatic N) is 2. The summed E-state index contributed by atoms with van der Waals surface area (Å²) in [5, 5.41) is 0. The second kappa shape index (κ2) is 6.61. The molecule has 1 atom stereocenters. The average molecular weight is 338 g/mol. The van der Waals surface area contributed by atoms with E-state index < -0.39 is 0 Å². The SMILES string of the molecule is COc1ccc(N2CCO[C@H]2c2ccn(-c3ccc(F)cc3)c2)cc1. The summed E-state index contributed by atoms with van der Waals surface area (Å²) in [6, 6.07) is 16.5. The molecule has 1 fully saturated rings. The van der Waals surface area contributed by atoms with Gasteiger partial charge in [-0.15, -0.1) is 0 Å². The average Bonchev–Trinajstić information content (AvgIpc) is 3.31. The van der Waals surface area contributed by atoms with E-state index >= 15 is 0 Å². The van der Waals surface area contributed by atoms with Gasteiger partial charge < -0.3 is 18.9 Å². The quantitative estimate of drug-likeness (QED) is 0.715. The molecule has 0 amide bonds. The molecule has 25 heavy (non-hydrogen) atoms. The van der Waals surface area contributed by atoms with Gasteiger partial charge in [0, 0.05) is 35.9 Å². The number of hydrogen-bond donors (Lipinski definition) is 0. The standard InChI is InChI=1S/C20H19FN2O2/c1-24-19-8-6-18(7-9-19)23-12-13-25-20(23)15-10-11-22(14-15)17-4-2-16(21)3-5-17/h2-11,14,20H,12-13H2,1H3/t20-/m0/s1. The Morgan fingerprint density at radius 1 is 1.00 bits per heavy atom. The highest BCUT2D eigenvalue weighted by Gasteiger charge is 2.28. The molecule has 1 saturated heterocycles. The van der Waals surface area contributed by atoms with Crippen molar-refractivity contribution in [3.63, 3.8) is 0 Å². The summed E-state index contributed by atoms with van der Waals surface area (Å²) in [6.45, 7) is 1.51. The Kier molecular flexibility index (Phi) is 4.15. The van der Waals surface area contributed by atoms with Crippen LogP contribution in [0.2, 0.25) is 0 Å². The van der Waals surface area contributed by atoms with Crippen molar-refractivity contribution in [2.45, 2.75) is 6.23 Å². The molecule has 1 aromatic heterocycles. The van der Waals surface area contributed by atoms with Crippen molar-refractivity contribution in [3.05, 3.63) is 78.4 Å². The number of rotatable bonds is 4. The monoisotopic (exact) mass is 338 g/mol. The van der Waals surface area contributed by atoms with Gasteiger partial charge in [0.2, 0.25) is 0 Å². The zero-order valence-corrected chi connectivity index (χ0v) is 13.9. The number of halogens is 1. The largest absolute Gasteiger partial charge is 0.497 e. The molecule has 2 aromatic carbocycles. The van der Waals surface area contributed by atoms with Crippen LogP contribution in [0.15, 0.2) is 67.0 Å². The summed E-state index contributed by atoms with van der Waals surface area (Å²) in [5.74, 6) is 0.601. The van der Waals surface area contributed by atoms with Crippen molar-refractivity contribution in [1.82, 2.24) is 4.57 Å². The maximum atomic E-state index is 13.1. The Morgan fingerprint density at radius 3 is 2.44 bits per heavy atom. The van der Waals surface area contributed by atoms with Gasteiger partial charge in [-0.25, -0.2) is 4.39 Å². The minimum atomic E-state index is -0.235. The zero-order chi connectivity index (χ0) is 17.2. The van der Waals surface area contributed by atoms with E-state index in [0.717, 1.165) is 29.2 Å². The molecule has 3 aromatic rings. The predicted molar refractivity (Wildman–Crippen MR) is 94.8 cm³/mol. The third-order valence-corrected chi connectivity index (χ3v) is 4.42. The predicted octanol–water partition coefficient (Wildman–Crippen LogP) is 4.16. The Bertz CT molecular complexity index is 843. The lowest BCUT2D eigenvalue weighted by Crippen LogP contribution is -2.22. The van der Waals surface area contributed by atoms with Crippen LogP contribution in [-0.2, 0) is 4.74 Å². The van der Waals surface area contributed by atoms with Crippen LogP contribution in [0.4, 0.5) is 10.1 Å². The second-order valence-corrected chi connectivity index (χ2v) is 5.94. The number of methoxy groups -OCH3 is 1. The van der Waals surface area contributed by atoms with Crippen molar-refractivity contribution < 1.29 is 13.9 Å². The van der Waals surface area contributed by atoms with Crippen LogP contribution >= 0.6 is 0 Å². The number of ether oxygens (including phenoxy) is 2. The van der Waals surface area contributed by atoms with Crippen LogP contribution in [0.5, 0.6) is 5.75 Å². The number of aromatic nitrogens is 1. The van der Waals surface area contributed by atoms with Crippen LogP contribution in [0.1, 0.15) is 11.8 Å². The lowest BCUT2D eigenvalue weighted by atomic mass is 10.2. The van der Waals surface area contributed by atoms with E-state index in [-0.39, 0.29) is 12.0 Å². The maximum absolute atomic E-state index is 13.1. The molecule has 0 bridgehead atoms. The molecule has 5 heteroatoms. The van der Waals surface area contributed by atoms with Gasteiger partial charge in [0.05, 0.1) is 13.7 Å². The fourth-order valence-electron chi connectivity index (χ4n) is 3.12. The van der Waals surface area contributed by atoms with Crippen molar-refractivity contribution in [2.75, 3.05) is 25.2 Å². The van der Waals surface area contributed by atoms with Crippen molar-refractivity contribution in [3.8, 4) is 11.4 Å². The first-order chi connectivity index (χ1) is 12.2. The van der Waals surface area contributed by atoms with Gasteiger partial charge in [-0.2, -0.15) is 0 Å². The van der Waals surface area contributed by atoms with E-state index in [1.54, 1.807) is 19.2 Å². The third-order valence-electron chi connectivity index (χ3n) is 4.42. The summed E-state index contributed by atoms with van der Waals surface area (Å²) in [7, 11) is 1.66. The normalized spacial score (nSPS) is 17.0. The molecule has 0 radical (unpaired) electrons. The molecule has 0 N–H and O–H groups in total. The third kappa shape index (κ3) is 3.10. The van der Waals surface area contributed by atoms with Gasteiger partial charge in [-0.3, -0.25) is 0 Å². The van der Waals surface area contributed by atoms with Crippen LogP contribution < -0.4 is 9.64 Å². The van der Waals surface area contributed by atoms with Crippen molar-refractivity contribution >= 4 is 5.69 Å². The van der Waals surface area contributed by atoms with Gasteiger partial charge in [0.1, 0.15) is 11.6 Å². The first kappa shape index (κ1) is 15.7. The molecule has 0 unspecified atom stereocenters. The summed E-state index contributed by atoms with van der Waals surface area (Å²) < 4.78 is 26.3. The molecular formula is C20H19FN2O2. The minimum Gasteiger partial charge on any atom is -0.497 e. The van der Waals surface area contributed by atoms with Crippen LogP contribution in [-0.4, -0.2) is 24.8 Å². The summed E-state index contributed by atoms with van der Waals surface area (Å²) in [6.07, 6.45) is 3.87. The molecular weight excluding hydrogens is 319 g/mol. The van der Waals surface area contributed by atoms with Crippen molar-refractivity contribution in [2.24, 2.45) is 0 Å². The van der Waals surface area contributed by atoms with E-state index in [2.05, 4.69) is 4.90 Å². The summed E-state index contributed by atoms with van der Waals surface area (Å²) in [4.78, 5) is 2.23. The van der Waals surface area contributed by atoms with E-state index in [0.29, 0.717) is 6.61 Å². The fraction of sp³-hybridized carbons (Fsp3) is 0.200. The highest BCUT2D eigenvalue weighted by molar-refractivity contribution is 5.51. The Morgan fingerprint density at radius 2 is 1.72 bits per heavy atom. The van der Waals surface area contributed by atoms with Crippen LogP contribution in [0.25, 0.3) is 5.69 Å². The minimum absolute atomic E-state index is 0.130. The molecule has 0 aliphatic carbocycles. The highest BCUT2D eigenvalue weighted by atomic mass is 19.1. The van der Waals surface area contributed by atoms with Gasteiger partial charge in [0.25, 0.3) is 0 Å². The van der Waals surface area contributed by atoms with Gasteiger partial charge in [0.15, 0.2) is 6.23 Å². The molecule has 128 valence electrons. The highest BCUT2D eigenvalue weighted by Crippen LogP contribution is 2.33. The van der Waals surface area contributed by atoms with Gasteiger partial charge >= 0.3 is 0 Å². The number of hydrogen-bond acceptors (Lipinski definition) is 3. The smallest absolute Gasteiger partial charge is 0.158 e.